The summed E-state index contributed by atoms with van der Waals surface area (Å²) in [5.74, 6) is 0.881. The van der Waals surface area contributed by atoms with Crippen LogP contribution in [0.5, 0.6) is 5.75 Å². The Labute approximate surface area is 109 Å². The van der Waals surface area contributed by atoms with Crippen molar-refractivity contribution in [1.82, 2.24) is 4.90 Å². The number of benzene rings is 1. The van der Waals surface area contributed by atoms with E-state index >= 15 is 0 Å². The van der Waals surface area contributed by atoms with Crippen molar-refractivity contribution in [1.29, 1.82) is 0 Å². The summed E-state index contributed by atoms with van der Waals surface area (Å²) < 4.78 is 5.30. The Hall–Kier alpha value is -1.06. The summed E-state index contributed by atoms with van der Waals surface area (Å²) >= 11 is 0. The Morgan fingerprint density at radius 1 is 1.39 bits per heavy atom. The molecule has 0 aliphatic heterocycles. The van der Waals surface area contributed by atoms with Gasteiger partial charge in [-0.05, 0) is 44.6 Å². The molecule has 1 unspecified atom stereocenters. The summed E-state index contributed by atoms with van der Waals surface area (Å²) in [5.41, 5.74) is 1.25. The van der Waals surface area contributed by atoms with Crippen molar-refractivity contribution in [2.24, 2.45) is 5.41 Å². The number of aliphatic hydroxyl groups is 1. The molecule has 1 saturated carbocycles. The lowest BCUT2D eigenvalue weighted by Gasteiger charge is -2.49. The highest BCUT2D eigenvalue weighted by Gasteiger charge is 2.45. The fourth-order valence-corrected chi connectivity index (χ4v) is 3.16. The number of hydrogen-bond donors (Lipinski definition) is 1. The second-order valence-electron chi connectivity index (χ2n) is 5.52. The van der Waals surface area contributed by atoms with Crippen molar-refractivity contribution in [2.45, 2.75) is 25.3 Å². The maximum Gasteiger partial charge on any atom is 0.119 e. The zero-order valence-electron chi connectivity index (χ0n) is 11.5. The molecule has 1 atom stereocenters. The van der Waals surface area contributed by atoms with E-state index in [4.69, 9.17) is 4.74 Å². The molecule has 0 heterocycles. The lowest BCUT2D eigenvalue weighted by molar-refractivity contribution is -0.0309. The van der Waals surface area contributed by atoms with Crippen LogP contribution in [0.3, 0.4) is 0 Å². The fourth-order valence-electron chi connectivity index (χ4n) is 3.16. The van der Waals surface area contributed by atoms with Gasteiger partial charge in [-0.15, -0.1) is 0 Å². The second-order valence-corrected chi connectivity index (χ2v) is 5.52. The number of methoxy groups -OCH3 is 1. The molecule has 3 heteroatoms. The molecule has 0 spiro atoms. The zero-order valence-corrected chi connectivity index (χ0v) is 11.5. The standard InChI is InChI=1S/C15H23NO2/c1-16(2)14(15(11-17)8-5-9-15)12-6-4-7-13(10-12)18-3/h4,6-7,10,14,17H,5,8-9,11H2,1-3H3. The van der Waals surface area contributed by atoms with Gasteiger partial charge in [-0.25, -0.2) is 0 Å². The van der Waals surface area contributed by atoms with Crippen LogP contribution >= 0.6 is 0 Å². The van der Waals surface area contributed by atoms with Gasteiger partial charge in [0.05, 0.1) is 13.7 Å². The van der Waals surface area contributed by atoms with Crippen LogP contribution in [0, 0.1) is 5.41 Å². The van der Waals surface area contributed by atoms with Gasteiger partial charge in [-0.1, -0.05) is 18.6 Å². The van der Waals surface area contributed by atoms with Gasteiger partial charge in [0.1, 0.15) is 5.75 Å². The van der Waals surface area contributed by atoms with Crippen LogP contribution in [0.2, 0.25) is 0 Å². The van der Waals surface area contributed by atoms with Crippen molar-refractivity contribution in [3.63, 3.8) is 0 Å². The molecular formula is C15H23NO2. The Morgan fingerprint density at radius 3 is 2.56 bits per heavy atom. The second kappa shape index (κ2) is 5.29. The minimum absolute atomic E-state index is 0.0237. The van der Waals surface area contributed by atoms with Gasteiger partial charge < -0.3 is 14.7 Å². The van der Waals surface area contributed by atoms with Crippen LogP contribution in [-0.2, 0) is 0 Å². The predicted octanol–water partition coefficient (Wildman–Crippen LogP) is 2.46. The number of nitrogens with zero attached hydrogens (tertiary/aromatic N) is 1. The third kappa shape index (κ3) is 2.25. The molecular weight excluding hydrogens is 226 g/mol. The lowest BCUT2D eigenvalue weighted by Crippen LogP contribution is -2.45. The van der Waals surface area contributed by atoms with E-state index in [2.05, 4.69) is 31.1 Å². The zero-order chi connectivity index (χ0) is 13.2. The molecule has 0 saturated heterocycles. The van der Waals surface area contributed by atoms with Gasteiger partial charge in [0.2, 0.25) is 0 Å². The molecule has 3 nitrogen and oxygen atoms in total. The summed E-state index contributed by atoms with van der Waals surface area (Å²) in [6.45, 7) is 0.257. The molecule has 1 aromatic carbocycles. The number of aliphatic hydroxyl groups excluding tert-OH is 1. The average molecular weight is 249 g/mol. The molecule has 18 heavy (non-hydrogen) atoms. The molecule has 100 valence electrons. The van der Waals surface area contributed by atoms with E-state index in [-0.39, 0.29) is 18.1 Å². The summed E-state index contributed by atoms with van der Waals surface area (Å²) in [6, 6.07) is 8.45. The molecule has 1 aromatic rings. The van der Waals surface area contributed by atoms with Crippen LogP contribution in [0.15, 0.2) is 24.3 Å². The first-order chi connectivity index (χ1) is 8.63. The quantitative estimate of drug-likeness (QED) is 0.870. The lowest BCUT2D eigenvalue weighted by atomic mass is 9.62. The Balaban J connectivity index is 2.35. The van der Waals surface area contributed by atoms with E-state index in [1.54, 1.807) is 7.11 Å². The van der Waals surface area contributed by atoms with Crippen molar-refractivity contribution in [3.05, 3.63) is 29.8 Å². The molecule has 1 fully saturated rings. The van der Waals surface area contributed by atoms with Crippen molar-refractivity contribution < 1.29 is 9.84 Å². The summed E-state index contributed by atoms with van der Waals surface area (Å²) in [7, 11) is 5.86. The monoisotopic (exact) mass is 249 g/mol. The van der Waals surface area contributed by atoms with Crippen LogP contribution in [-0.4, -0.2) is 37.8 Å². The van der Waals surface area contributed by atoms with E-state index in [0.29, 0.717) is 0 Å². The smallest absolute Gasteiger partial charge is 0.119 e. The van der Waals surface area contributed by atoms with E-state index in [9.17, 15) is 5.11 Å². The van der Waals surface area contributed by atoms with Crippen LogP contribution in [0.4, 0.5) is 0 Å². The minimum atomic E-state index is 0.0237. The van der Waals surface area contributed by atoms with Gasteiger partial charge in [0.15, 0.2) is 0 Å². The van der Waals surface area contributed by atoms with E-state index in [0.717, 1.165) is 18.6 Å². The highest BCUT2D eigenvalue weighted by atomic mass is 16.5. The molecule has 2 rings (SSSR count). The van der Waals surface area contributed by atoms with Crippen LogP contribution in [0.1, 0.15) is 30.9 Å². The fraction of sp³-hybridized carbons (Fsp3) is 0.600. The Kier molecular flexibility index (Phi) is 3.93. The predicted molar refractivity (Wildman–Crippen MR) is 72.8 cm³/mol. The van der Waals surface area contributed by atoms with Crippen molar-refractivity contribution in [2.75, 3.05) is 27.8 Å². The molecule has 0 aromatic heterocycles. The highest BCUT2D eigenvalue weighted by Crippen LogP contribution is 2.52. The van der Waals surface area contributed by atoms with Gasteiger partial charge in [-0.3, -0.25) is 0 Å². The van der Waals surface area contributed by atoms with E-state index in [1.165, 1.54) is 12.0 Å². The first-order valence-corrected chi connectivity index (χ1v) is 6.54. The maximum absolute atomic E-state index is 9.79. The van der Waals surface area contributed by atoms with Crippen LogP contribution < -0.4 is 4.74 Å². The molecule has 1 aliphatic carbocycles. The molecule has 0 amide bonds. The maximum atomic E-state index is 9.79. The van der Waals surface area contributed by atoms with E-state index in [1.807, 2.05) is 12.1 Å². The van der Waals surface area contributed by atoms with Gasteiger partial charge in [0.25, 0.3) is 0 Å². The topological polar surface area (TPSA) is 32.7 Å². The largest absolute Gasteiger partial charge is 0.497 e. The Morgan fingerprint density at radius 2 is 2.11 bits per heavy atom. The third-order valence-electron chi connectivity index (χ3n) is 4.17. The first kappa shape index (κ1) is 13.4. The number of ether oxygens (including phenoxy) is 1. The molecule has 1 N–H and O–H groups in total. The van der Waals surface area contributed by atoms with Crippen molar-refractivity contribution in [3.8, 4) is 5.75 Å². The molecule has 0 radical (unpaired) electrons. The van der Waals surface area contributed by atoms with Gasteiger partial charge >= 0.3 is 0 Å². The Bertz CT molecular complexity index is 394. The van der Waals surface area contributed by atoms with Gasteiger partial charge in [-0.2, -0.15) is 0 Å². The highest BCUT2D eigenvalue weighted by molar-refractivity contribution is 5.32. The number of hydrogen-bond acceptors (Lipinski definition) is 3. The van der Waals surface area contributed by atoms with E-state index < -0.39 is 0 Å². The molecule has 1 aliphatic rings. The summed E-state index contributed by atoms with van der Waals surface area (Å²) in [4.78, 5) is 2.21. The van der Waals surface area contributed by atoms with Crippen LogP contribution in [0.25, 0.3) is 0 Å². The first-order valence-electron chi connectivity index (χ1n) is 6.54. The SMILES string of the molecule is COc1cccc(C(N(C)C)C2(CO)CCC2)c1. The normalized spacial score (nSPS) is 19.4. The molecule has 0 bridgehead atoms. The number of rotatable bonds is 5. The minimum Gasteiger partial charge on any atom is -0.497 e. The van der Waals surface area contributed by atoms with Gasteiger partial charge in [0, 0.05) is 11.5 Å². The summed E-state index contributed by atoms with van der Waals surface area (Å²) in [6.07, 6.45) is 3.42. The summed E-state index contributed by atoms with van der Waals surface area (Å²) in [5, 5.41) is 9.79. The van der Waals surface area contributed by atoms with Crippen molar-refractivity contribution >= 4 is 0 Å². The average Bonchev–Trinajstić information content (AvgIpc) is 2.33. The third-order valence-corrected chi connectivity index (χ3v) is 4.17.